The third-order valence-corrected chi connectivity index (χ3v) is 16.1. The lowest BCUT2D eigenvalue weighted by Crippen LogP contribution is -2.60. The number of aliphatic hydroxyl groups excluding tert-OH is 3. The van der Waals surface area contributed by atoms with Gasteiger partial charge < -0.3 is 69.0 Å². The quantitative estimate of drug-likeness (QED) is 0.0606. The average Bonchev–Trinajstić information content (AvgIpc) is 3.81. The number of hydrogen-bond donors (Lipinski definition) is 6. The third-order valence-electron chi connectivity index (χ3n) is 16.1. The molecule has 0 bridgehead atoms. The molecule has 3 aliphatic heterocycles. The summed E-state index contributed by atoms with van der Waals surface area (Å²) in [4.78, 5) is 18.4. The molecule has 3 saturated heterocycles. The zero-order valence-electron chi connectivity index (χ0n) is 46.0. The summed E-state index contributed by atoms with van der Waals surface area (Å²) < 4.78 is 54.5. The minimum absolute atomic E-state index is 0.174. The molecular formula is C53H89FN6O13. The number of rotatable bonds is 15. The molecule has 0 aliphatic carbocycles. The van der Waals surface area contributed by atoms with Gasteiger partial charge in [0.2, 0.25) is 0 Å². The van der Waals surface area contributed by atoms with Crippen LogP contribution >= 0.6 is 0 Å². The Balaban J connectivity index is 1.43. The highest BCUT2D eigenvalue weighted by atomic mass is 19.1. The number of alkyl halides is 1. The molecule has 1 aromatic heterocycles. The number of carbonyl (C=O) groups excluding carboxylic acids is 1. The summed E-state index contributed by atoms with van der Waals surface area (Å²) in [5.74, 6) is -2.77. The van der Waals surface area contributed by atoms with Crippen molar-refractivity contribution in [3.05, 3.63) is 47.3 Å². The number of hydrogen-bond acceptors (Lipinski definition) is 18. The van der Waals surface area contributed by atoms with Crippen LogP contribution in [0.1, 0.15) is 138 Å². The van der Waals surface area contributed by atoms with Crippen molar-refractivity contribution in [3.8, 4) is 0 Å². The standard InChI is InChI=1S/C53H89FN6O13/c1-16-41-53(12,66)46(62)34(7)59(14)27-29(2)24-52(11,65)48(31(4)44(32(5)49(64)71-41)72-42-25-51(9,10)47(63)35(8)70-42)73-50-43(61)39(23-30(3)69-50)58(13)22-21-38-28-60(57-55-38)40(26-54)45(68-15)37-19-17-36(18-20-37)33(6)56-67/h17-20,28-32,34-35,39-48,50,61-63,65-67H,16,21-27H2,1-15H3/b56-33-/t29-,30-,31+,32-,34-,35+,39+,40-,41-,42+,43-,44+,45-,46-,47+,48-,50+,52-,53-/m1/s1. The molecule has 0 radical (unpaired) electrons. The lowest BCUT2D eigenvalue weighted by atomic mass is 9.77. The molecule has 19 nitrogen and oxygen atoms in total. The average molecular weight is 1040 g/mol. The van der Waals surface area contributed by atoms with Gasteiger partial charge in [0, 0.05) is 57.2 Å². The van der Waals surface area contributed by atoms with Crippen molar-refractivity contribution in [2.24, 2.45) is 28.3 Å². The first-order valence-electron chi connectivity index (χ1n) is 26.1. The third kappa shape index (κ3) is 14.2. The van der Waals surface area contributed by atoms with Crippen molar-refractivity contribution < 1.29 is 68.3 Å². The number of benzene rings is 1. The molecule has 4 heterocycles. The minimum Gasteiger partial charge on any atom is -0.459 e. The van der Waals surface area contributed by atoms with E-state index in [2.05, 4.69) is 15.5 Å². The van der Waals surface area contributed by atoms with Gasteiger partial charge in [-0.1, -0.05) is 69.3 Å². The summed E-state index contributed by atoms with van der Waals surface area (Å²) in [6.07, 6.45) is -7.29. The first-order chi connectivity index (χ1) is 34.1. The Morgan fingerprint density at radius 1 is 1.00 bits per heavy atom. The Morgan fingerprint density at radius 2 is 1.66 bits per heavy atom. The molecule has 6 N–H and O–H groups in total. The van der Waals surface area contributed by atoms with Crippen LogP contribution in [0.5, 0.6) is 0 Å². The number of oxime groups is 1. The Kier molecular flexibility index (Phi) is 21.0. The fraction of sp³-hybridized carbons (Fsp3) is 0.811. The van der Waals surface area contributed by atoms with E-state index in [1.54, 1.807) is 72.0 Å². The van der Waals surface area contributed by atoms with Gasteiger partial charge in [-0.15, -0.1) is 5.10 Å². The van der Waals surface area contributed by atoms with E-state index in [-0.39, 0.29) is 25.2 Å². The van der Waals surface area contributed by atoms with E-state index in [4.69, 9.17) is 28.4 Å². The second-order valence-corrected chi connectivity index (χ2v) is 22.8. The number of ether oxygens (including phenoxy) is 6. The van der Waals surface area contributed by atoms with Crippen LogP contribution in [0.2, 0.25) is 0 Å². The van der Waals surface area contributed by atoms with Gasteiger partial charge in [0.25, 0.3) is 0 Å². The Bertz CT molecular complexity index is 2080. The number of nitrogens with zero attached hydrogens (tertiary/aromatic N) is 6. The van der Waals surface area contributed by atoms with Gasteiger partial charge in [-0.25, -0.2) is 9.07 Å². The van der Waals surface area contributed by atoms with Gasteiger partial charge in [-0.3, -0.25) is 4.79 Å². The molecule has 73 heavy (non-hydrogen) atoms. The highest BCUT2D eigenvalue weighted by Gasteiger charge is 2.52. The zero-order valence-corrected chi connectivity index (χ0v) is 46.0. The van der Waals surface area contributed by atoms with Crippen LogP contribution in [0.25, 0.3) is 0 Å². The van der Waals surface area contributed by atoms with E-state index in [1.807, 2.05) is 58.5 Å². The highest BCUT2D eigenvalue weighted by molar-refractivity contribution is 5.98. The first kappa shape index (κ1) is 60.6. The lowest BCUT2D eigenvalue weighted by molar-refractivity contribution is -0.312. The second-order valence-electron chi connectivity index (χ2n) is 22.8. The van der Waals surface area contributed by atoms with Crippen molar-refractivity contribution in [2.75, 3.05) is 41.0 Å². The molecule has 1 aromatic carbocycles. The van der Waals surface area contributed by atoms with E-state index >= 15 is 0 Å². The fourth-order valence-electron chi connectivity index (χ4n) is 11.5. The van der Waals surface area contributed by atoms with Gasteiger partial charge in [-0.2, -0.15) is 0 Å². The summed E-state index contributed by atoms with van der Waals surface area (Å²) in [6, 6.07) is 5.24. The predicted octanol–water partition coefficient (Wildman–Crippen LogP) is 4.82. The Labute approximate surface area is 432 Å². The van der Waals surface area contributed by atoms with Crippen LogP contribution < -0.4 is 0 Å². The fourth-order valence-corrected chi connectivity index (χ4v) is 11.5. The van der Waals surface area contributed by atoms with Crippen LogP contribution in [0.15, 0.2) is 35.6 Å². The molecule has 19 atom stereocenters. The molecule has 3 aliphatic rings. The summed E-state index contributed by atoms with van der Waals surface area (Å²) in [7, 11) is 5.21. The van der Waals surface area contributed by atoms with E-state index in [1.165, 1.54) is 18.7 Å². The Morgan fingerprint density at radius 3 is 2.25 bits per heavy atom. The molecule has 3 fully saturated rings. The van der Waals surface area contributed by atoms with Crippen molar-refractivity contribution >= 4 is 11.7 Å². The van der Waals surface area contributed by atoms with Gasteiger partial charge in [0.15, 0.2) is 12.6 Å². The van der Waals surface area contributed by atoms with Crippen molar-refractivity contribution in [1.82, 2.24) is 24.8 Å². The number of likely N-dealkylation sites (N-methyl/N-ethyl adjacent to an activating group) is 2. The van der Waals surface area contributed by atoms with Gasteiger partial charge in [0.05, 0.1) is 53.4 Å². The monoisotopic (exact) mass is 1040 g/mol. The van der Waals surface area contributed by atoms with Gasteiger partial charge in [0.1, 0.15) is 42.7 Å². The SMILES string of the molecule is CC[C@H]1OC(=O)[C@H](C)[C@@H](O[C@H]2CC(C)(C)[C@@H](O)[C@H](C)O2)[C@H](C)[C@@H](O[C@@H]2O[C@H](C)C[C@H](N(C)CCc3cn([C@H](CF)[C@H](OC)c4ccc(/C(C)=N\O)cc4)nn3)[C@H]2O)[C@](C)(O)C[C@@H](C)CN(C)[C@H](C)[C@@H](O)[C@]1(C)O. The Hall–Kier alpha value is -3.25. The molecular weight excluding hydrogens is 948 g/mol. The van der Waals surface area contributed by atoms with Crippen molar-refractivity contribution in [2.45, 2.75) is 212 Å². The van der Waals surface area contributed by atoms with Gasteiger partial charge in [-0.05, 0) is 104 Å². The molecule has 20 heteroatoms. The predicted molar refractivity (Wildman–Crippen MR) is 270 cm³/mol. The molecule has 5 rings (SSSR count). The second kappa shape index (κ2) is 25.3. The molecule has 0 amide bonds. The number of esters is 1. The lowest BCUT2D eigenvalue weighted by Gasteiger charge is -2.49. The van der Waals surface area contributed by atoms with Crippen LogP contribution in [-0.4, -0.2) is 193 Å². The number of carbonyl (C=O) groups is 1. The number of aromatic nitrogens is 3. The summed E-state index contributed by atoms with van der Waals surface area (Å²) in [5.41, 5.74) is -1.66. The minimum atomic E-state index is -1.84. The maximum Gasteiger partial charge on any atom is 0.311 e. The normalized spacial score (nSPS) is 38.6. The highest BCUT2D eigenvalue weighted by Crippen LogP contribution is 2.42. The largest absolute Gasteiger partial charge is 0.459 e. The number of cyclic esters (lactones) is 1. The van der Waals surface area contributed by atoms with Crippen LogP contribution in [0.3, 0.4) is 0 Å². The number of aliphatic hydroxyl groups is 5. The van der Waals surface area contributed by atoms with Crippen LogP contribution in [-0.2, 0) is 39.6 Å². The molecule has 0 unspecified atom stereocenters. The van der Waals surface area contributed by atoms with E-state index in [0.29, 0.717) is 48.5 Å². The van der Waals surface area contributed by atoms with Crippen molar-refractivity contribution in [3.63, 3.8) is 0 Å². The summed E-state index contributed by atoms with van der Waals surface area (Å²) in [5, 5.41) is 80.8. The van der Waals surface area contributed by atoms with E-state index in [9.17, 15) is 39.9 Å². The molecule has 0 spiro atoms. The number of methoxy groups -OCH3 is 1. The topological polar surface area (TPSA) is 243 Å². The zero-order chi connectivity index (χ0) is 54.5. The van der Waals surface area contributed by atoms with Gasteiger partial charge >= 0.3 is 5.97 Å². The molecule has 416 valence electrons. The van der Waals surface area contributed by atoms with Crippen molar-refractivity contribution in [1.29, 1.82) is 0 Å². The maximum absolute atomic E-state index is 14.8. The maximum atomic E-state index is 14.8. The first-order valence-corrected chi connectivity index (χ1v) is 26.1. The molecule has 0 saturated carbocycles. The van der Waals surface area contributed by atoms with E-state index in [0.717, 1.165) is 0 Å². The summed E-state index contributed by atoms with van der Waals surface area (Å²) in [6.45, 7) is 21.3. The van der Waals surface area contributed by atoms with E-state index < -0.39 is 127 Å². The summed E-state index contributed by atoms with van der Waals surface area (Å²) >= 11 is 0. The number of halogens is 1. The van der Waals surface area contributed by atoms with Crippen LogP contribution in [0, 0.1) is 23.2 Å². The molecule has 2 aromatic rings. The van der Waals surface area contributed by atoms with Crippen LogP contribution in [0.4, 0.5) is 4.39 Å². The smallest absolute Gasteiger partial charge is 0.311 e.